The monoisotopic (exact) mass is 302 g/mol. The first-order valence-corrected chi connectivity index (χ1v) is 6.24. The Kier molecular flexibility index (Phi) is 3.24. The van der Waals surface area contributed by atoms with Crippen LogP contribution in [0.4, 0.5) is 5.69 Å². The molecule has 0 spiro atoms. The van der Waals surface area contributed by atoms with Gasteiger partial charge in [0.2, 0.25) is 5.91 Å². The van der Waals surface area contributed by atoms with E-state index in [1.54, 1.807) is 18.2 Å². The summed E-state index contributed by atoms with van der Waals surface area (Å²) in [5, 5.41) is 3.38. The molecule has 3 N–H and O–H groups in total. The Morgan fingerprint density at radius 3 is 2.75 bits per heavy atom. The lowest BCUT2D eigenvalue weighted by molar-refractivity contribution is -0.123. The van der Waals surface area contributed by atoms with Gasteiger partial charge < -0.3 is 11.1 Å². The van der Waals surface area contributed by atoms with Crippen molar-refractivity contribution in [3.63, 3.8) is 0 Å². The Balaban J connectivity index is 2.14. The van der Waals surface area contributed by atoms with E-state index >= 15 is 0 Å². The molecule has 0 aromatic heterocycles. The number of halogens is 2. The molecule has 0 heterocycles. The molecule has 86 valence electrons. The Labute approximate surface area is 107 Å². The van der Waals surface area contributed by atoms with Gasteiger partial charge in [0, 0.05) is 9.50 Å². The second-order valence-corrected chi connectivity index (χ2v) is 5.38. The van der Waals surface area contributed by atoms with Crippen LogP contribution in [0.5, 0.6) is 0 Å². The van der Waals surface area contributed by atoms with E-state index in [2.05, 4.69) is 21.2 Å². The highest BCUT2D eigenvalue weighted by atomic mass is 79.9. The van der Waals surface area contributed by atoms with Gasteiger partial charge in [0.05, 0.1) is 11.2 Å². The van der Waals surface area contributed by atoms with E-state index in [1.165, 1.54) is 0 Å². The smallest absolute Gasteiger partial charge is 0.244 e. The number of rotatable bonds is 2. The minimum absolute atomic E-state index is 0.137. The molecular formula is C11H12BrClN2O. The van der Waals surface area contributed by atoms with E-state index in [0.717, 1.165) is 23.7 Å². The third kappa shape index (κ3) is 2.24. The summed E-state index contributed by atoms with van der Waals surface area (Å²) in [6.45, 7) is 0. The molecule has 3 nitrogen and oxygen atoms in total. The van der Waals surface area contributed by atoms with Crippen LogP contribution in [-0.4, -0.2) is 11.4 Å². The molecule has 1 aromatic carbocycles. The molecular weight excluding hydrogens is 291 g/mol. The largest absolute Gasteiger partial charge is 0.323 e. The van der Waals surface area contributed by atoms with Crippen molar-refractivity contribution in [2.45, 2.75) is 24.8 Å². The minimum atomic E-state index is -0.693. The Morgan fingerprint density at radius 2 is 2.19 bits per heavy atom. The third-order valence-corrected chi connectivity index (χ3v) is 3.80. The Bertz CT molecular complexity index is 432. The summed E-state index contributed by atoms with van der Waals surface area (Å²) in [5.74, 6) is -0.137. The summed E-state index contributed by atoms with van der Waals surface area (Å²) >= 11 is 9.21. The van der Waals surface area contributed by atoms with Gasteiger partial charge >= 0.3 is 0 Å². The second-order valence-electron chi connectivity index (χ2n) is 4.09. The van der Waals surface area contributed by atoms with Crippen molar-refractivity contribution in [3.05, 3.63) is 27.7 Å². The van der Waals surface area contributed by atoms with Crippen molar-refractivity contribution in [1.29, 1.82) is 0 Å². The van der Waals surface area contributed by atoms with Gasteiger partial charge in [-0.25, -0.2) is 0 Å². The van der Waals surface area contributed by atoms with E-state index in [-0.39, 0.29) is 5.91 Å². The van der Waals surface area contributed by atoms with Crippen LogP contribution in [0.3, 0.4) is 0 Å². The zero-order valence-electron chi connectivity index (χ0n) is 8.59. The summed E-state index contributed by atoms with van der Waals surface area (Å²) in [5.41, 5.74) is 5.89. The van der Waals surface area contributed by atoms with Crippen LogP contribution in [-0.2, 0) is 4.79 Å². The molecule has 0 aliphatic heterocycles. The van der Waals surface area contributed by atoms with Gasteiger partial charge in [-0.1, -0.05) is 11.6 Å². The van der Waals surface area contributed by atoms with Gasteiger partial charge in [-0.15, -0.1) is 0 Å². The number of amides is 1. The van der Waals surface area contributed by atoms with E-state index in [0.29, 0.717) is 10.7 Å². The Morgan fingerprint density at radius 1 is 1.50 bits per heavy atom. The first-order chi connectivity index (χ1) is 7.51. The van der Waals surface area contributed by atoms with Crippen LogP contribution in [0.25, 0.3) is 0 Å². The highest BCUT2D eigenvalue weighted by Crippen LogP contribution is 2.32. The van der Waals surface area contributed by atoms with Gasteiger partial charge in [0.15, 0.2) is 0 Å². The summed E-state index contributed by atoms with van der Waals surface area (Å²) in [6.07, 6.45) is 2.51. The number of benzene rings is 1. The van der Waals surface area contributed by atoms with Gasteiger partial charge in [-0.3, -0.25) is 4.79 Å². The van der Waals surface area contributed by atoms with Crippen molar-refractivity contribution >= 4 is 39.1 Å². The third-order valence-electron chi connectivity index (χ3n) is 2.87. The SMILES string of the molecule is NC1(C(=O)Nc2cc(Cl)ccc2Br)CCC1. The van der Waals surface area contributed by atoms with Gasteiger partial charge in [0.25, 0.3) is 0 Å². The normalized spacial score (nSPS) is 17.7. The molecule has 5 heteroatoms. The fourth-order valence-corrected chi connectivity index (χ4v) is 2.14. The number of carbonyl (C=O) groups excluding carboxylic acids is 1. The number of hydrogen-bond donors (Lipinski definition) is 2. The average molecular weight is 304 g/mol. The Hall–Kier alpha value is -0.580. The average Bonchev–Trinajstić information content (AvgIpc) is 2.20. The lowest BCUT2D eigenvalue weighted by Gasteiger charge is -2.36. The lowest BCUT2D eigenvalue weighted by Crippen LogP contribution is -2.56. The van der Waals surface area contributed by atoms with Crippen LogP contribution in [0, 0.1) is 0 Å². The zero-order chi connectivity index (χ0) is 11.8. The maximum absolute atomic E-state index is 11.9. The molecule has 2 rings (SSSR count). The molecule has 0 unspecified atom stereocenters. The van der Waals surface area contributed by atoms with Gasteiger partial charge in [-0.2, -0.15) is 0 Å². The molecule has 0 atom stereocenters. The first-order valence-electron chi connectivity index (χ1n) is 5.07. The van der Waals surface area contributed by atoms with Crippen molar-refractivity contribution in [1.82, 2.24) is 0 Å². The molecule has 1 aliphatic rings. The summed E-state index contributed by atoms with van der Waals surface area (Å²) in [6, 6.07) is 5.25. The summed E-state index contributed by atoms with van der Waals surface area (Å²) < 4.78 is 0.799. The molecule has 1 aliphatic carbocycles. The van der Waals surface area contributed by atoms with Crippen molar-refractivity contribution < 1.29 is 4.79 Å². The fraction of sp³-hybridized carbons (Fsp3) is 0.364. The predicted molar refractivity (Wildman–Crippen MR) is 68.6 cm³/mol. The molecule has 1 amide bonds. The fourth-order valence-electron chi connectivity index (χ4n) is 1.62. The molecule has 0 radical (unpaired) electrons. The predicted octanol–water partition coefficient (Wildman–Crippen LogP) is 2.92. The number of anilines is 1. The first kappa shape index (κ1) is 11.9. The molecule has 1 saturated carbocycles. The number of carbonyl (C=O) groups is 1. The quantitative estimate of drug-likeness (QED) is 0.882. The number of nitrogens with one attached hydrogen (secondary N) is 1. The van der Waals surface area contributed by atoms with Gasteiger partial charge in [-0.05, 0) is 53.4 Å². The summed E-state index contributed by atoms with van der Waals surface area (Å²) in [4.78, 5) is 11.9. The number of nitrogens with two attached hydrogens (primary N) is 1. The molecule has 16 heavy (non-hydrogen) atoms. The van der Waals surface area contributed by atoms with E-state index < -0.39 is 5.54 Å². The maximum atomic E-state index is 11.9. The van der Waals surface area contributed by atoms with Crippen molar-refractivity contribution in [3.8, 4) is 0 Å². The van der Waals surface area contributed by atoms with Gasteiger partial charge in [0.1, 0.15) is 0 Å². The molecule has 0 bridgehead atoms. The van der Waals surface area contributed by atoms with E-state index in [1.807, 2.05) is 0 Å². The van der Waals surface area contributed by atoms with Crippen LogP contribution >= 0.6 is 27.5 Å². The van der Waals surface area contributed by atoms with Crippen LogP contribution in [0.2, 0.25) is 5.02 Å². The standard InChI is InChI=1S/C11H12BrClN2O/c12-8-3-2-7(13)6-9(8)15-10(16)11(14)4-1-5-11/h2-3,6H,1,4-5,14H2,(H,15,16). The van der Waals surface area contributed by atoms with Crippen molar-refractivity contribution in [2.24, 2.45) is 5.73 Å². The molecule has 0 saturated heterocycles. The van der Waals surface area contributed by atoms with Crippen LogP contribution < -0.4 is 11.1 Å². The maximum Gasteiger partial charge on any atom is 0.244 e. The van der Waals surface area contributed by atoms with Crippen LogP contribution in [0.1, 0.15) is 19.3 Å². The van der Waals surface area contributed by atoms with Crippen molar-refractivity contribution in [2.75, 3.05) is 5.32 Å². The van der Waals surface area contributed by atoms with E-state index in [9.17, 15) is 4.79 Å². The highest BCUT2D eigenvalue weighted by Gasteiger charge is 2.40. The summed E-state index contributed by atoms with van der Waals surface area (Å²) in [7, 11) is 0. The van der Waals surface area contributed by atoms with E-state index in [4.69, 9.17) is 17.3 Å². The topological polar surface area (TPSA) is 55.1 Å². The van der Waals surface area contributed by atoms with Crippen LogP contribution in [0.15, 0.2) is 22.7 Å². The molecule has 1 fully saturated rings. The molecule has 1 aromatic rings. The minimum Gasteiger partial charge on any atom is -0.323 e. The second kappa shape index (κ2) is 4.35. The highest BCUT2D eigenvalue weighted by molar-refractivity contribution is 9.10. The zero-order valence-corrected chi connectivity index (χ0v) is 10.9. The number of hydrogen-bond acceptors (Lipinski definition) is 2. The lowest BCUT2D eigenvalue weighted by atomic mass is 9.77.